The van der Waals surface area contributed by atoms with E-state index in [0.29, 0.717) is 103 Å². The van der Waals surface area contributed by atoms with Gasteiger partial charge >= 0.3 is 21.7 Å². The maximum absolute atomic E-state index is 11.5. The van der Waals surface area contributed by atoms with Crippen LogP contribution in [0.4, 0.5) is 0 Å². The standard InChI is InChI=1S/4C10H18O3.Ti/c4*1-4-7-8(11)10(5-2,6-3)9(12)13;/h4*4-7H2,1-3H3,(H,12,13);/q;;;;+4/p-4. The molecule has 0 fully saturated rings. The summed E-state index contributed by atoms with van der Waals surface area (Å²) in [4.78, 5) is 89.7. The van der Waals surface area contributed by atoms with E-state index in [-0.39, 0.29) is 44.9 Å². The van der Waals surface area contributed by atoms with Crippen LogP contribution in [0.15, 0.2) is 0 Å². The maximum atomic E-state index is 11.5. The van der Waals surface area contributed by atoms with E-state index in [9.17, 15) is 58.8 Å². The fourth-order valence-electron chi connectivity index (χ4n) is 6.05. The molecule has 0 saturated carbocycles. The Morgan fingerprint density at radius 2 is 0.415 bits per heavy atom. The Bertz CT molecular complexity index is 953. The second-order valence-corrected chi connectivity index (χ2v) is 13.0. The van der Waals surface area contributed by atoms with E-state index in [1.165, 1.54) is 0 Å². The zero-order valence-corrected chi connectivity index (χ0v) is 36.3. The zero-order chi connectivity index (χ0) is 41.9. The predicted molar refractivity (Wildman–Crippen MR) is 192 cm³/mol. The number of rotatable bonds is 24. The first kappa shape index (κ1) is 59.6. The van der Waals surface area contributed by atoms with Crippen LogP contribution in [0.25, 0.3) is 0 Å². The predicted octanol–water partition coefficient (Wildman–Crippen LogP) is 3.65. The summed E-state index contributed by atoms with van der Waals surface area (Å²) in [6.45, 7) is 21.2. The molecule has 0 aliphatic carbocycles. The molecule has 0 radical (unpaired) electrons. The van der Waals surface area contributed by atoms with E-state index in [0.717, 1.165) is 0 Å². The van der Waals surface area contributed by atoms with Gasteiger partial charge in [-0.25, -0.2) is 0 Å². The van der Waals surface area contributed by atoms with E-state index in [1.807, 2.05) is 27.7 Å². The first-order chi connectivity index (χ1) is 24.2. The molecule has 0 N–H and O–H groups in total. The molecule has 0 bridgehead atoms. The Morgan fingerprint density at radius 3 is 0.472 bits per heavy atom. The summed E-state index contributed by atoms with van der Waals surface area (Å²) >= 11 is 0. The first-order valence-electron chi connectivity index (χ1n) is 19.2. The van der Waals surface area contributed by atoms with Gasteiger partial charge in [-0.3, -0.25) is 19.2 Å². The van der Waals surface area contributed by atoms with Crippen molar-refractivity contribution in [3.05, 3.63) is 0 Å². The Kier molecular flexibility index (Phi) is 34.4. The third kappa shape index (κ3) is 16.7. The molecule has 0 aromatic carbocycles. The van der Waals surface area contributed by atoms with Gasteiger partial charge in [0.05, 0.1) is 45.5 Å². The SMILES string of the molecule is CCCC(=O)C(CC)(CC)C(=O)[O-].CCCC(=O)C(CC)(CC)C(=O)[O-].CCCC(=O)C(CC)(CC)C(=O)[O-].CCCC(=O)C(CC)(CC)C(=O)[O-].[Ti+4]. The van der Waals surface area contributed by atoms with Crippen LogP contribution in [0.5, 0.6) is 0 Å². The van der Waals surface area contributed by atoms with Crippen molar-refractivity contribution < 1.29 is 80.5 Å². The van der Waals surface area contributed by atoms with Gasteiger partial charge < -0.3 is 39.6 Å². The second kappa shape index (κ2) is 30.6. The van der Waals surface area contributed by atoms with E-state index in [4.69, 9.17) is 0 Å². The minimum Gasteiger partial charge on any atom is -0.549 e. The van der Waals surface area contributed by atoms with Crippen molar-refractivity contribution in [3.63, 3.8) is 0 Å². The van der Waals surface area contributed by atoms with Crippen LogP contribution >= 0.6 is 0 Å². The molecule has 304 valence electrons. The summed E-state index contributed by atoms with van der Waals surface area (Å²) in [5, 5.41) is 43.5. The third-order valence-electron chi connectivity index (χ3n) is 10.4. The van der Waals surface area contributed by atoms with Crippen LogP contribution in [0, 0.1) is 21.7 Å². The van der Waals surface area contributed by atoms with Gasteiger partial charge in [0.15, 0.2) is 0 Å². The minimum absolute atomic E-state index is 0. The van der Waals surface area contributed by atoms with Gasteiger partial charge in [0.2, 0.25) is 0 Å². The van der Waals surface area contributed by atoms with Gasteiger partial charge in [-0.05, 0) is 77.0 Å². The maximum Gasteiger partial charge on any atom is 4.00 e. The molecule has 0 aliphatic rings. The van der Waals surface area contributed by atoms with Crippen molar-refractivity contribution in [2.24, 2.45) is 21.7 Å². The Hall–Kier alpha value is -2.73. The number of carbonyl (C=O) groups is 8. The first-order valence-corrected chi connectivity index (χ1v) is 19.2. The van der Waals surface area contributed by atoms with E-state index < -0.39 is 45.5 Å². The molecule has 0 amide bonds. The summed E-state index contributed by atoms with van der Waals surface area (Å²) in [5.74, 6) is -5.68. The van der Waals surface area contributed by atoms with E-state index in [2.05, 4.69) is 0 Å². The molecule has 0 aliphatic heterocycles. The number of hydrogen-bond donors (Lipinski definition) is 0. The minimum atomic E-state index is -1.24. The summed E-state index contributed by atoms with van der Waals surface area (Å²) in [6.07, 6.45) is 6.66. The van der Waals surface area contributed by atoms with E-state index >= 15 is 0 Å². The fraction of sp³-hybridized carbons (Fsp3) is 0.800. The van der Waals surface area contributed by atoms with Crippen LogP contribution in [0.1, 0.15) is 186 Å². The van der Waals surface area contributed by atoms with Crippen LogP contribution in [0.3, 0.4) is 0 Å². The summed E-state index contributed by atoms with van der Waals surface area (Å²) in [6, 6.07) is 0. The average Bonchev–Trinajstić information content (AvgIpc) is 3.09. The van der Waals surface area contributed by atoms with Crippen LogP contribution in [-0.2, 0) is 60.1 Å². The van der Waals surface area contributed by atoms with Crippen molar-refractivity contribution >= 4 is 47.0 Å². The van der Waals surface area contributed by atoms with Crippen LogP contribution < -0.4 is 20.4 Å². The molecule has 13 heteroatoms. The number of hydrogen-bond acceptors (Lipinski definition) is 12. The van der Waals surface area contributed by atoms with Gasteiger partial charge in [-0.1, -0.05) is 83.1 Å². The summed E-state index contributed by atoms with van der Waals surface area (Å²) in [7, 11) is 0. The van der Waals surface area contributed by atoms with Crippen molar-refractivity contribution in [2.45, 2.75) is 186 Å². The van der Waals surface area contributed by atoms with Crippen molar-refractivity contribution in [1.82, 2.24) is 0 Å². The molecule has 0 unspecified atom stereocenters. The molecule has 0 aromatic heterocycles. The van der Waals surface area contributed by atoms with E-state index in [1.54, 1.807) is 55.4 Å². The number of carboxylic acids is 4. The van der Waals surface area contributed by atoms with Crippen molar-refractivity contribution in [2.75, 3.05) is 0 Å². The van der Waals surface area contributed by atoms with Crippen LogP contribution in [0.2, 0.25) is 0 Å². The van der Waals surface area contributed by atoms with Gasteiger partial charge in [-0.15, -0.1) is 0 Å². The molecular weight excluding hydrogens is 720 g/mol. The molecule has 12 nitrogen and oxygen atoms in total. The number of aliphatic carboxylic acids is 4. The molecule has 0 saturated heterocycles. The molecule has 0 rings (SSSR count). The fourth-order valence-corrected chi connectivity index (χ4v) is 6.05. The molecule has 53 heavy (non-hydrogen) atoms. The summed E-state index contributed by atoms with van der Waals surface area (Å²) < 4.78 is 0. The number of carbonyl (C=O) groups excluding carboxylic acids is 8. The van der Waals surface area contributed by atoms with Gasteiger partial charge in [0, 0.05) is 25.7 Å². The Balaban J connectivity index is -0.000000192. The quantitative estimate of drug-likeness (QED) is 0.101. The van der Waals surface area contributed by atoms with Gasteiger partial charge in [0.1, 0.15) is 23.1 Å². The molecule has 0 heterocycles. The van der Waals surface area contributed by atoms with Crippen LogP contribution in [-0.4, -0.2) is 47.0 Å². The third-order valence-corrected chi connectivity index (χ3v) is 10.4. The zero-order valence-electron chi connectivity index (χ0n) is 34.7. The van der Waals surface area contributed by atoms with Gasteiger partial charge in [-0.2, -0.15) is 0 Å². The Labute approximate surface area is 333 Å². The van der Waals surface area contributed by atoms with Gasteiger partial charge in [0.25, 0.3) is 0 Å². The number of Topliss-reactive ketones (excluding diaryl/α,β-unsaturated/α-hetero) is 4. The normalized spacial score (nSPS) is 11.1. The summed E-state index contributed by atoms with van der Waals surface area (Å²) in [5.41, 5.74) is -4.96. The molecule has 0 spiro atoms. The largest absolute Gasteiger partial charge is 4.00 e. The van der Waals surface area contributed by atoms with Crippen molar-refractivity contribution in [1.29, 1.82) is 0 Å². The molecule has 0 aromatic rings. The monoisotopic (exact) mass is 788 g/mol. The second-order valence-electron chi connectivity index (χ2n) is 13.0. The molecular formula is C40H68O12Ti. The van der Waals surface area contributed by atoms with Crippen molar-refractivity contribution in [3.8, 4) is 0 Å². The number of ketones is 4. The smallest absolute Gasteiger partial charge is 0.549 e. The molecule has 0 atom stereocenters. The number of carboxylic acid groups (broad SMARTS) is 4. The topological polar surface area (TPSA) is 229 Å². The average molecular weight is 789 g/mol. The Morgan fingerprint density at radius 1 is 0.302 bits per heavy atom.